The third kappa shape index (κ3) is 1.83. The lowest BCUT2D eigenvalue weighted by Crippen LogP contribution is -2.11. The van der Waals surface area contributed by atoms with Crippen LogP contribution in [-0.4, -0.2) is 11.7 Å². The number of hydrogen-bond acceptors (Lipinski definition) is 3. The first-order chi connectivity index (χ1) is 7.54. The highest BCUT2D eigenvalue weighted by Crippen LogP contribution is 2.30. The summed E-state index contributed by atoms with van der Waals surface area (Å²) >= 11 is 0. The van der Waals surface area contributed by atoms with Gasteiger partial charge in [-0.1, -0.05) is 38.1 Å². The molecule has 0 aliphatic rings. The molecule has 0 fully saturated rings. The van der Waals surface area contributed by atoms with Crippen LogP contribution in [-0.2, 0) is 11.8 Å². The number of aromatic nitrogens is 1. The molecule has 0 unspecified atom stereocenters. The molecule has 0 aliphatic heterocycles. The van der Waals surface area contributed by atoms with Gasteiger partial charge in [-0.3, -0.25) is 0 Å². The molecule has 1 aromatic carbocycles. The van der Waals surface area contributed by atoms with E-state index in [0.717, 1.165) is 28.6 Å². The van der Waals surface area contributed by atoms with E-state index in [2.05, 4.69) is 32.0 Å². The molecule has 16 heavy (non-hydrogen) atoms. The van der Waals surface area contributed by atoms with Gasteiger partial charge in [-0.2, -0.15) is 0 Å². The van der Waals surface area contributed by atoms with Crippen LogP contribution in [0.5, 0.6) is 0 Å². The highest BCUT2D eigenvalue weighted by atomic mass is 16.5. The van der Waals surface area contributed by atoms with E-state index in [1.165, 1.54) is 0 Å². The molecule has 1 heterocycles. The second-order valence-electron chi connectivity index (χ2n) is 5.11. The van der Waals surface area contributed by atoms with Crippen molar-refractivity contribution in [1.29, 1.82) is 0 Å². The molecule has 0 radical (unpaired) electrons. The lowest BCUT2D eigenvalue weighted by molar-refractivity contribution is 0.418. The predicted octanol–water partition coefficient (Wildman–Crippen LogP) is 2.63. The molecule has 0 aliphatic carbocycles. The van der Waals surface area contributed by atoms with Gasteiger partial charge in [0.15, 0.2) is 5.58 Å². The minimum absolute atomic E-state index is 0.00654. The van der Waals surface area contributed by atoms with Crippen LogP contribution in [0.2, 0.25) is 0 Å². The van der Waals surface area contributed by atoms with Crippen LogP contribution in [0.1, 0.15) is 32.0 Å². The molecule has 3 nitrogen and oxygen atoms in total. The van der Waals surface area contributed by atoms with Crippen molar-refractivity contribution >= 4 is 11.0 Å². The van der Waals surface area contributed by atoms with Gasteiger partial charge in [0, 0.05) is 10.8 Å². The van der Waals surface area contributed by atoms with E-state index in [1.54, 1.807) is 0 Å². The van der Waals surface area contributed by atoms with Gasteiger partial charge < -0.3 is 10.3 Å². The molecule has 3 heteroatoms. The summed E-state index contributed by atoms with van der Waals surface area (Å²) in [6, 6.07) is 6.15. The Morgan fingerprint density at radius 3 is 2.69 bits per heavy atom. The first-order valence-electron chi connectivity index (χ1n) is 5.62. The van der Waals surface area contributed by atoms with Crippen molar-refractivity contribution < 1.29 is 4.52 Å². The van der Waals surface area contributed by atoms with Gasteiger partial charge in [0.2, 0.25) is 0 Å². The zero-order chi connectivity index (χ0) is 11.8. The van der Waals surface area contributed by atoms with Crippen LogP contribution in [0, 0.1) is 0 Å². The number of hydrogen-bond donors (Lipinski definition) is 1. The van der Waals surface area contributed by atoms with E-state index >= 15 is 0 Å². The summed E-state index contributed by atoms with van der Waals surface area (Å²) in [5.41, 5.74) is 8.63. The predicted molar refractivity (Wildman–Crippen MR) is 65.5 cm³/mol. The van der Waals surface area contributed by atoms with Crippen molar-refractivity contribution in [3.05, 3.63) is 29.5 Å². The monoisotopic (exact) mass is 218 g/mol. The molecule has 0 saturated carbocycles. The quantitative estimate of drug-likeness (QED) is 0.843. The fourth-order valence-electron chi connectivity index (χ4n) is 1.91. The third-order valence-electron chi connectivity index (χ3n) is 2.70. The fourth-order valence-corrected chi connectivity index (χ4v) is 1.91. The van der Waals surface area contributed by atoms with Crippen LogP contribution in [0.15, 0.2) is 22.7 Å². The number of benzene rings is 1. The van der Waals surface area contributed by atoms with Crippen LogP contribution in [0.25, 0.3) is 11.0 Å². The summed E-state index contributed by atoms with van der Waals surface area (Å²) in [4.78, 5) is 0. The minimum Gasteiger partial charge on any atom is -0.356 e. The van der Waals surface area contributed by atoms with E-state index in [4.69, 9.17) is 10.3 Å². The molecule has 0 amide bonds. The maximum atomic E-state index is 5.58. The Balaban J connectivity index is 2.62. The molecular formula is C13H18N2O. The fraction of sp³-hybridized carbons (Fsp3) is 0.462. The van der Waals surface area contributed by atoms with Crippen LogP contribution in [0.3, 0.4) is 0 Å². The number of nitrogens with two attached hydrogens (primary N) is 1. The van der Waals surface area contributed by atoms with Crippen molar-refractivity contribution in [3.8, 4) is 0 Å². The lowest BCUT2D eigenvalue weighted by atomic mass is 9.89. The Morgan fingerprint density at radius 1 is 1.31 bits per heavy atom. The largest absolute Gasteiger partial charge is 0.356 e. The first-order valence-corrected chi connectivity index (χ1v) is 5.62. The summed E-state index contributed by atoms with van der Waals surface area (Å²) in [6.07, 6.45) is 0.829. The van der Waals surface area contributed by atoms with Gasteiger partial charge in [-0.15, -0.1) is 0 Å². The Kier molecular flexibility index (Phi) is 2.72. The molecule has 0 bridgehead atoms. The Labute approximate surface area is 95.6 Å². The summed E-state index contributed by atoms with van der Waals surface area (Å²) in [7, 11) is 0. The van der Waals surface area contributed by atoms with Crippen LogP contribution in [0.4, 0.5) is 0 Å². The van der Waals surface area contributed by atoms with Crippen LogP contribution < -0.4 is 5.73 Å². The molecule has 2 aromatic rings. The normalized spacial score (nSPS) is 12.2. The van der Waals surface area contributed by atoms with Gasteiger partial charge in [-0.05, 0) is 24.6 Å². The number of fused-ring (bicyclic) bond motifs is 1. The maximum Gasteiger partial charge on any atom is 0.170 e. The van der Waals surface area contributed by atoms with Crippen molar-refractivity contribution in [2.24, 2.45) is 5.73 Å². The second-order valence-corrected chi connectivity index (χ2v) is 5.11. The zero-order valence-corrected chi connectivity index (χ0v) is 10.1. The first kappa shape index (κ1) is 11.1. The summed E-state index contributed by atoms with van der Waals surface area (Å²) in [5, 5.41) is 5.30. The summed E-state index contributed by atoms with van der Waals surface area (Å²) in [5.74, 6) is 0. The average molecular weight is 218 g/mol. The smallest absolute Gasteiger partial charge is 0.170 e. The Morgan fingerprint density at radius 2 is 2.06 bits per heavy atom. The summed E-state index contributed by atoms with van der Waals surface area (Å²) in [6.45, 7) is 7.05. The second kappa shape index (κ2) is 3.91. The van der Waals surface area contributed by atoms with E-state index in [1.807, 2.05) is 12.1 Å². The van der Waals surface area contributed by atoms with Gasteiger partial charge in [0.25, 0.3) is 0 Å². The van der Waals surface area contributed by atoms with Crippen molar-refractivity contribution in [2.45, 2.75) is 32.6 Å². The SMILES string of the molecule is CC(C)(C)c1noc2c(CCN)cccc12. The molecule has 1 aromatic heterocycles. The molecule has 0 saturated heterocycles. The minimum atomic E-state index is 0.00654. The standard InChI is InChI=1S/C13H18N2O/c1-13(2,3)12-10-6-4-5-9(7-8-14)11(10)16-15-12/h4-6H,7-8,14H2,1-3H3. The van der Waals surface area contributed by atoms with Crippen LogP contribution >= 0.6 is 0 Å². The highest BCUT2D eigenvalue weighted by molar-refractivity contribution is 5.83. The molecule has 0 spiro atoms. The van der Waals surface area contributed by atoms with E-state index in [0.29, 0.717) is 6.54 Å². The average Bonchev–Trinajstić information content (AvgIpc) is 2.62. The van der Waals surface area contributed by atoms with Crippen molar-refractivity contribution in [1.82, 2.24) is 5.16 Å². The van der Waals surface area contributed by atoms with Crippen molar-refractivity contribution in [2.75, 3.05) is 6.54 Å². The molecular weight excluding hydrogens is 200 g/mol. The van der Waals surface area contributed by atoms with Crippen molar-refractivity contribution in [3.63, 3.8) is 0 Å². The lowest BCUT2D eigenvalue weighted by Gasteiger charge is -2.14. The Hall–Kier alpha value is -1.35. The molecule has 2 rings (SSSR count). The maximum absolute atomic E-state index is 5.58. The number of nitrogens with zero attached hydrogens (tertiary/aromatic N) is 1. The molecule has 0 atom stereocenters. The number of para-hydroxylation sites is 1. The zero-order valence-electron chi connectivity index (χ0n) is 10.1. The summed E-state index contributed by atoms with van der Waals surface area (Å²) < 4.78 is 5.45. The Bertz CT molecular complexity index is 494. The van der Waals surface area contributed by atoms with E-state index in [-0.39, 0.29) is 5.41 Å². The van der Waals surface area contributed by atoms with E-state index in [9.17, 15) is 0 Å². The third-order valence-corrected chi connectivity index (χ3v) is 2.70. The molecule has 86 valence electrons. The van der Waals surface area contributed by atoms with Gasteiger partial charge >= 0.3 is 0 Å². The number of rotatable bonds is 2. The van der Waals surface area contributed by atoms with Gasteiger partial charge in [0.1, 0.15) is 0 Å². The van der Waals surface area contributed by atoms with Gasteiger partial charge in [-0.25, -0.2) is 0 Å². The highest BCUT2D eigenvalue weighted by Gasteiger charge is 2.22. The van der Waals surface area contributed by atoms with Gasteiger partial charge in [0.05, 0.1) is 5.69 Å². The van der Waals surface area contributed by atoms with E-state index < -0.39 is 0 Å². The molecule has 2 N–H and O–H groups in total. The topological polar surface area (TPSA) is 52.0 Å².